The number of hydrogen-bond donors (Lipinski definition) is 3. The van der Waals surface area contributed by atoms with Crippen molar-refractivity contribution >= 4 is 89.4 Å². The van der Waals surface area contributed by atoms with Crippen LogP contribution in [0.1, 0.15) is 160 Å². The Morgan fingerprint density at radius 3 is 0.694 bits per heavy atom. The topological polar surface area (TPSA) is 514 Å². The molecule has 4 aliphatic carbocycles. The molecular formula is C79H121N3O39. The highest BCUT2D eigenvalue weighted by Gasteiger charge is 2.63. The fourth-order valence-electron chi connectivity index (χ4n) is 16.7. The molecule has 42 heteroatoms. The van der Waals surface area contributed by atoms with Crippen molar-refractivity contribution in [1.29, 1.82) is 0 Å². The Morgan fingerprint density at radius 1 is 0.264 bits per heavy atom. The molecule has 686 valence electrons. The number of rotatable bonds is 54. The number of hydrogen-bond acceptors (Lipinski definition) is 39. The van der Waals surface area contributed by atoms with E-state index in [0.29, 0.717) is 25.2 Å². The molecule has 7 rings (SSSR count). The number of amides is 3. The molecule has 0 radical (unpaired) electrons. The van der Waals surface area contributed by atoms with Crippen LogP contribution < -0.4 is 16.0 Å². The number of nitrogens with one attached hydrogen (secondary N) is 3. The van der Waals surface area contributed by atoms with E-state index in [9.17, 15) is 71.9 Å². The first kappa shape index (κ1) is 101. The predicted octanol–water partition coefficient (Wildman–Crippen LogP) is 1.03. The van der Waals surface area contributed by atoms with E-state index in [1.165, 1.54) is 0 Å². The molecule has 4 bridgehead atoms. The maximum atomic E-state index is 13.7. The third-order valence-corrected chi connectivity index (χ3v) is 20.3. The standard InChI is InChI=1S/C79H121N3O39/c1-46(83)107-40-59-65(110-49(4)86)68(113-52(7)89)71(116-55(10)92)74(119-59)104-34-31-101-28-25-98-22-19-80-62(95)13-16-77-37-58-38-78(43-77,17-14-63(96)81-20-23-99-26-29-102-32-35-105-75-72(117-56(11)93)69(114-53(8)90)66(111-50(5)87)60(120-75)41-108-47(2)84)45-79(39-58,44-77)18-15-64(97)82-21-24-100-27-30-103-33-36-106-76-73(118-57(12)94)70(115-54(9)91)67(112-51(6)88)61(121-76)42-109-48(3)85/h58-61,65-76H,13-45H2,1-12H3,(H,80,95)(H,81,96)(H,82,97)/t58?,59-,60-,61-,65-,66-,67-,68+,69+,70+,71+,72+,73+,74+,75+,76+,77?,78?,79?/m1/s1. The van der Waals surface area contributed by atoms with E-state index in [-0.39, 0.29) is 172 Å². The summed E-state index contributed by atoms with van der Waals surface area (Å²) in [7, 11) is 0. The number of carbonyl (C=O) groups excluding carboxylic acids is 15. The van der Waals surface area contributed by atoms with Crippen LogP contribution in [-0.2, 0) is 186 Å². The second-order valence-electron chi connectivity index (χ2n) is 30.5. The summed E-state index contributed by atoms with van der Waals surface area (Å²) in [6, 6.07) is 0. The molecule has 0 aromatic carbocycles. The minimum absolute atomic E-state index is 0.00367. The molecule has 3 saturated heterocycles. The van der Waals surface area contributed by atoms with Crippen LogP contribution in [0.2, 0.25) is 0 Å². The summed E-state index contributed by atoms with van der Waals surface area (Å²) in [6.07, 6.45) is -12.5. The van der Waals surface area contributed by atoms with Crippen LogP contribution in [-0.4, -0.2) is 320 Å². The van der Waals surface area contributed by atoms with Gasteiger partial charge in [-0.15, -0.1) is 0 Å². The Labute approximate surface area is 701 Å². The highest BCUT2D eigenvalue weighted by atomic mass is 16.8. The van der Waals surface area contributed by atoms with Gasteiger partial charge in [-0.1, -0.05) is 0 Å². The van der Waals surface area contributed by atoms with Crippen molar-refractivity contribution < 1.29 is 186 Å². The Hall–Kier alpha value is -8.43. The lowest BCUT2D eigenvalue weighted by Gasteiger charge is -2.67. The zero-order valence-electron chi connectivity index (χ0n) is 71.0. The molecule has 3 amide bonds. The number of carbonyl (C=O) groups is 15. The van der Waals surface area contributed by atoms with E-state index in [0.717, 1.165) is 122 Å². The van der Waals surface area contributed by atoms with Crippen LogP contribution in [0.4, 0.5) is 0 Å². The van der Waals surface area contributed by atoms with E-state index in [2.05, 4.69) is 16.0 Å². The first-order valence-corrected chi connectivity index (χ1v) is 40.5. The monoisotopic (exact) mass is 1740 g/mol. The first-order valence-electron chi connectivity index (χ1n) is 40.5. The summed E-state index contributed by atoms with van der Waals surface area (Å²) < 4.78 is 134. The number of esters is 12. The average Bonchev–Trinajstić information content (AvgIpc) is 0.702. The summed E-state index contributed by atoms with van der Waals surface area (Å²) in [5.74, 6) is -9.22. The van der Waals surface area contributed by atoms with Crippen molar-refractivity contribution in [3.63, 3.8) is 0 Å². The largest absolute Gasteiger partial charge is 0.463 e. The molecule has 42 nitrogen and oxygen atoms in total. The van der Waals surface area contributed by atoms with Crippen LogP contribution in [0.5, 0.6) is 0 Å². The summed E-state index contributed by atoms with van der Waals surface area (Å²) in [6.45, 7) is 13.8. The van der Waals surface area contributed by atoms with Crippen molar-refractivity contribution in [2.24, 2.45) is 22.2 Å². The minimum Gasteiger partial charge on any atom is -0.463 e. The van der Waals surface area contributed by atoms with E-state index < -0.39 is 184 Å². The van der Waals surface area contributed by atoms with Crippen LogP contribution in [0.25, 0.3) is 0 Å². The Kier molecular flexibility index (Phi) is 43.2. The molecule has 0 unspecified atom stereocenters. The molecule has 15 atom stereocenters. The molecule has 0 aromatic heterocycles. The fourth-order valence-corrected chi connectivity index (χ4v) is 16.7. The van der Waals surface area contributed by atoms with Gasteiger partial charge in [0, 0.05) is 122 Å². The lowest BCUT2D eigenvalue weighted by molar-refractivity contribution is -0.309. The lowest BCUT2D eigenvalue weighted by Crippen LogP contribution is -2.63. The highest BCUT2D eigenvalue weighted by molar-refractivity contribution is 5.77. The van der Waals surface area contributed by atoms with Gasteiger partial charge in [0.1, 0.15) is 38.1 Å². The van der Waals surface area contributed by atoms with Crippen LogP contribution >= 0.6 is 0 Å². The molecule has 3 aliphatic heterocycles. The first-order chi connectivity index (χ1) is 57.5. The van der Waals surface area contributed by atoms with Crippen molar-refractivity contribution in [3.05, 3.63) is 0 Å². The third kappa shape index (κ3) is 36.1. The molecule has 3 N–H and O–H groups in total. The van der Waals surface area contributed by atoms with Gasteiger partial charge >= 0.3 is 71.6 Å². The van der Waals surface area contributed by atoms with E-state index >= 15 is 0 Å². The van der Waals surface area contributed by atoms with Gasteiger partial charge in [-0.05, 0) is 80.0 Å². The normalized spacial score (nSPS) is 28.2. The zero-order valence-corrected chi connectivity index (χ0v) is 71.0. The smallest absolute Gasteiger partial charge is 0.303 e. The van der Waals surface area contributed by atoms with Gasteiger partial charge in [-0.25, -0.2) is 0 Å². The van der Waals surface area contributed by atoms with Gasteiger partial charge in [-0.2, -0.15) is 0 Å². The van der Waals surface area contributed by atoms with Crippen molar-refractivity contribution in [2.75, 3.05) is 139 Å². The van der Waals surface area contributed by atoms with Gasteiger partial charge < -0.3 is 130 Å². The van der Waals surface area contributed by atoms with E-state index in [4.69, 9.17) is 114 Å². The van der Waals surface area contributed by atoms with Gasteiger partial charge in [0.2, 0.25) is 17.7 Å². The summed E-state index contributed by atoms with van der Waals surface area (Å²) in [5, 5.41) is 8.92. The molecule has 121 heavy (non-hydrogen) atoms. The summed E-state index contributed by atoms with van der Waals surface area (Å²) in [5.41, 5.74) is -0.699. The second-order valence-corrected chi connectivity index (χ2v) is 30.5. The summed E-state index contributed by atoms with van der Waals surface area (Å²) >= 11 is 0. The molecule has 7 aliphatic rings. The highest BCUT2D eigenvalue weighted by Crippen LogP contribution is 2.73. The van der Waals surface area contributed by atoms with E-state index in [1.54, 1.807) is 0 Å². The van der Waals surface area contributed by atoms with Crippen LogP contribution in [0, 0.1) is 22.2 Å². The molecule has 0 spiro atoms. The van der Waals surface area contributed by atoms with E-state index in [1.807, 2.05) is 0 Å². The van der Waals surface area contributed by atoms with Crippen molar-refractivity contribution in [2.45, 2.75) is 252 Å². The lowest BCUT2D eigenvalue weighted by atomic mass is 9.37. The third-order valence-electron chi connectivity index (χ3n) is 20.3. The predicted molar refractivity (Wildman–Crippen MR) is 404 cm³/mol. The quantitative estimate of drug-likeness (QED) is 0.0435. The van der Waals surface area contributed by atoms with Gasteiger partial charge in [0.25, 0.3) is 0 Å². The zero-order chi connectivity index (χ0) is 88.8. The van der Waals surface area contributed by atoms with Gasteiger partial charge in [0.15, 0.2) is 73.8 Å². The van der Waals surface area contributed by atoms with Gasteiger partial charge in [-0.3, -0.25) is 71.9 Å². The maximum Gasteiger partial charge on any atom is 0.303 e. The fraction of sp³-hybridized carbons (Fsp3) is 0.810. The molecule has 0 aromatic rings. The molecule has 7 fully saturated rings. The van der Waals surface area contributed by atoms with Crippen molar-refractivity contribution in [1.82, 2.24) is 16.0 Å². The van der Waals surface area contributed by atoms with Crippen LogP contribution in [0.15, 0.2) is 0 Å². The Bertz CT molecular complexity index is 3060. The second kappa shape index (κ2) is 51.6. The Balaban J connectivity index is 0.966. The number of ether oxygens (including phenoxy) is 24. The van der Waals surface area contributed by atoms with Gasteiger partial charge in [0.05, 0.1) is 99.1 Å². The van der Waals surface area contributed by atoms with Crippen molar-refractivity contribution in [3.8, 4) is 0 Å². The molecular weight excluding hydrogens is 1610 g/mol. The maximum absolute atomic E-state index is 13.7. The Morgan fingerprint density at radius 2 is 0.471 bits per heavy atom. The molecule has 3 heterocycles. The molecule has 4 saturated carbocycles. The minimum atomic E-state index is -1.40. The van der Waals surface area contributed by atoms with Crippen LogP contribution in [0.3, 0.4) is 0 Å². The average molecular weight is 1740 g/mol. The summed E-state index contributed by atoms with van der Waals surface area (Å²) in [4.78, 5) is 186. The SMILES string of the molecule is CC(=O)OC[C@H]1O[C@H](OCCOCCOCCNC(=O)CCC23CC4CC(CCC(=O)NCCOCCOCCO[C@H]5O[C@H](COC(C)=O)[C@@H](OC(C)=O)[C@H](OC(C)=O)[C@@H]5OC(C)=O)(C2)CC(CCC(=O)NCCOCCOCCO[C@H]2O[C@H](COC(C)=O)[C@@H](OC(C)=O)[C@H](OC(C)=O)[C@@H]2OC(C)=O)(C4)C3)[C@@H](OC(C)=O)[C@@H](OC(C)=O)[C@@H]1OC(C)=O.